The highest BCUT2D eigenvalue weighted by Crippen LogP contribution is 2.42. The molecule has 0 nitrogen and oxygen atoms in total. The minimum absolute atomic E-state index is 0.568. The Labute approximate surface area is 116 Å². The van der Waals surface area contributed by atoms with Gasteiger partial charge in [-0.3, -0.25) is 0 Å². The lowest BCUT2D eigenvalue weighted by Gasteiger charge is -2.37. The molecule has 0 amide bonds. The molecule has 0 aromatic heterocycles. The molecule has 2 rings (SSSR count). The van der Waals surface area contributed by atoms with Crippen molar-refractivity contribution in [1.82, 2.24) is 0 Å². The van der Waals surface area contributed by atoms with E-state index in [-0.39, 0.29) is 0 Å². The van der Waals surface area contributed by atoms with Gasteiger partial charge in [0.1, 0.15) is 0 Å². The van der Waals surface area contributed by atoms with E-state index >= 15 is 0 Å². The molecule has 0 radical (unpaired) electrons. The summed E-state index contributed by atoms with van der Waals surface area (Å²) in [5.41, 5.74) is 0. The smallest absolute Gasteiger partial charge is 0.174 e. The maximum absolute atomic E-state index is 12.0. The average Bonchev–Trinajstić information content (AvgIpc) is 2.40. The van der Waals surface area contributed by atoms with Crippen LogP contribution in [0.3, 0.4) is 0 Å². The molecule has 2 fully saturated rings. The van der Waals surface area contributed by atoms with Gasteiger partial charge in [-0.1, -0.05) is 32.6 Å². The monoisotopic (exact) mass is 270 g/mol. The lowest BCUT2D eigenvalue weighted by Crippen LogP contribution is -2.25. The van der Waals surface area contributed by atoms with Crippen molar-refractivity contribution in [3.63, 3.8) is 0 Å². The molecule has 2 aliphatic carbocycles. The number of hydrogen-bond acceptors (Lipinski definition) is 0. The molecule has 0 aromatic rings. The van der Waals surface area contributed by atoms with Crippen LogP contribution in [0.15, 0.2) is 12.2 Å². The van der Waals surface area contributed by atoms with Gasteiger partial charge in [-0.05, 0) is 68.3 Å². The largest absolute Gasteiger partial charge is 0.266 e. The highest BCUT2D eigenvalue weighted by atomic mass is 19.3. The second kappa shape index (κ2) is 7.40. The molecule has 0 bridgehead atoms. The Balaban J connectivity index is 1.66. The summed E-state index contributed by atoms with van der Waals surface area (Å²) in [6.07, 6.45) is 12.1. The third-order valence-corrected chi connectivity index (χ3v) is 5.49. The van der Waals surface area contributed by atoms with E-state index < -0.39 is 6.08 Å². The molecule has 0 heterocycles. The predicted molar refractivity (Wildman–Crippen MR) is 76.1 cm³/mol. The van der Waals surface area contributed by atoms with Crippen molar-refractivity contribution >= 4 is 0 Å². The van der Waals surface area contributed by atoms with Crippen LogP contribution in [0.2, 0.25) is 0 Å². The van der Waals surface area contributed by atoms with Gasteiger partial charge in [-0.25, -0.2) is 0 Å². The van der Waals surface area contributed by atoms with Gasteiger partial charge in [0.25, 0.3) is 6.08 Å². The lowest BCUT2D eigenvalue weighted by atomic mass is 9.69. The van der Waals surface area contributed by atoms with Gasteiger partial charge >= 0.3 is 0 Å². The molecule has 2 aliphatic rings. The summed E-state index contributed by atoms with van der Waals surface area (Å²) in [5, 5.41) is 0. The van der Waals surface area contributed by atoms with Crippen molar-refractivity contribution in [2.75, 3.05) is 0 Å². The van der Waals surface area contributed by atoms with E-state index in [9.17, 15) is 8.78 Å². The fourth-order valence-corrected chi connectivity index (χ4v) is 4.13. The summed E-state index contributed by atoms with van der Waals surface area (Å²) in [6, 6.07) is 0. The van der Waals surface area contributed by atoms with Crippen LogP contribution in [-0.2, 0) is 0 Å². The van der Waals surface area contributed by atoms with Gasteiger partial charge in [-0.2, -0.15) is 8.78 Å². The van der Waals surface area contributed by atoms with Crippen molar-refractivity contribution in [2.45, 2.75) is 71.1 Å². The van der Waals surface area contributed by atoms with Crippen LogP contribution < -0.4 is 0 Å². The second-order valence-corrected chi connectivity index (χ2v) is 6.87. The fraction of sp³-hybridized carbons (Fsp3) is 0.882. The van der Waals surface area contributed by atoms with E-state index in [4.69, 9.17) is 0 Å². The third-order valence-electron chi connectivity index (χ3n) is 5.49. The summed E-state index contributed by atoms with van der Waals surface area (Å²) in [4.78, 5) is 0. The highest BCUT2D eigenvalue weighted by molar-refractivity contribution is 4.84. The van der Waals surface area contributed by atoms with Crippen LogP contribution in [-0.4, -0.2) is 0 Å². The van der Waals surface area contributed by atoms with Gasteiger partial charge in [-0.15, -0.1) is 0 Å². The Bertz CT molecular complexity index is 278. The van der Waals surface area contributed by atoms with Crippen molar-refractivity contribution in [1.29, 1.82) is 0 Å². The molecule has 0 N–H and O–H groups in total. The summed E-state index contributed by atoms with van der Waals surface area (Å²) < 4.78 is 24.0. The molecule has 0 spiro atoms. The first kappa shape index (κ1) is 15.0. The highest BCUT2D eigenvalue weighted by Gasteiger charge is 2.29. The van der Waals surface area contributed by atoms with Gasteiger partial charge < -0.3 is 0 Å². The van der Waals surface area contributed by atoms with Gasteiger partial charge in [0, 0.05) is 0 Å². The average molecular weight is 270 g/mol. The summed E-state index contributed by atoms with van der Waals surface area (Å²) in [6.45, 7) is 2.38. The van der Waals surface area contributed by atoms with Gasteiger partial charge in [0.05, 0.1) is 0 Å². The Hall–Kier alpha value is -0.400. The zero-order valence-electron chi connectivity index (χ0n) is 12.2. The lowest BCUT2D eigenvalue weighted by molar-refractivity contribution is 0.148. The van der Waals surface area contributed by atoms with E-state index in [1.165, 1.54) is 51.4 Å². The van der Waals surface area contributed by atoms with E-state index in [1.807, 2.05) is 0 Å². The maximum atomic E-state index is 12.0. The Morgan fingerprint density at radius 3 is 1.95 bits per heavy atom. The van der Waals surface area contributed by atoms with Crippen LogP contribution in [0, 0.1) is 23.7 Å². The molecule has 0 aromatic carbocycles. The second-order valence-electron chi connectivity index (χ2n) is 6.87. The van der Waals surface area contributed by atoms with Crippen molar-refractivity contribution < 1.29 is 8.78 Å². The zero-order valence-corrected chi connectivity index (χ0v) is 12.2. The molecular weight excluding hydrogens is 242 g/mol. The Kier molecular flexibility index (Phi) is 5.84. The number of allylic oxidation sites excluding steroid dienone is 1. The molecular formula is C17H28F2. The van der Waals surface area contributed by atoms with Gasteiger partial charge in [0.2, 0.25) is 0 Å². The first-order chi connectivity index (χ1) is 9.15. The molecule has 110 valence electrons. The quantitative estimate of drug-likeness (QED) is 0.572. The van der Waals surface area contributed by atoms with Crippen molar-refractivity contribution in [3.8, 4) is 0 Å². The minimum Gasteiger partial charge on any atom is -0.174 e. The number of halogens is 2. The summed E-state index contributed by atoms with van der Waals surface area (Å²) >= 11 is 0. The molecule has 0 unspecified atom stereocenters. The zero-order chi connectivity index (χ0) is 13.7. The minimum atomic E-state index is -1.51. The Morgan fingerprint density at radius 1 is 0.895 bits per heavy atom. The summed E-state index contributed by atoms with van der Waals surface area (Å²) in [7, 11) is 0. The first-order valence-corrected chi connectivity index (χ1v) is 8.16. The SMILES string of the molecule is C[C@H]1CC[C@H](C2CCC(CCC=C(F)F)CC2)CC1. The van der Waals surface area contributed by atoms with Crippen LogP contribution >= 0.6 is 0 Å². The summed E-state index contributed by atoms with van der Waals surface area (Å²) in [5.74, 6) is 3.56. The molecule has 19 heavy (non-hydrogen) atoms. The van der Waals surface area contributed by atoms with Crippen LogP contribution in [0.1, 0.15) is 71.1 Å². The van der Waals surface area contributed by atoms with Crippen LogP contribution in [0.4, 0.5) is 8.78 Å². The van der Waals surface area contributed by atoms with E-state index in [0.29, 0.717) is 12.3 Å². The third kappa shape index (κ3) is 4.89. The van der Waals surface area contributed by atoms with Crippen molar-refractivity contribution in [2.24, 2.45) is 23.7 Å². The van der Waals surface area contributed by atoms with Gasteiger partial charge in [0.15, 0.2) is 0 Å². The van der Waals surface area contributed by atoms with Crippen molar-refractivity contribution in [3.05, 3.63) is 12.2 Å². The fourth-order valence-electron chi connectivity index (χ4n) is 4.13. The molecule has 0 saturated heterocycles. The molecule has 0 atom stereocenters. The normalized spacial score (nSPS) is 35.9. The van der Waals surface area contributed by atoms with Crippen LogP contribution in [0.5, 0.6) is 0 Å². The predicted octanol–water partition coefficient (Wildman–Crippen LogP) is 6.18. The van der Waals surface area contributed by atoms with E-state index in [1.54, 1.807) is 0 Å². The molecule has 2 saturated carbocycles. The number of rotatable bonds is 4. The first-order valence-electron chi connectivity index (χ1n) is 8.16. The topological polar surface area (TPSA) is 0 Å². The van der Waals surface area contributed by atoms with E-state index in [2.05, 4.69) is 6.92 Å². The Morgan fingerprint density at radius 2 is 1.42 bits per heavy atom. The van der Waals surface area contributed by atoms with E-state index in [0.717, 1.165) is 30.3 Å². The van der Waals surface area contributed by atoms with Crippen LogP contribution in [0.25, 0.3) is 0 Å². The molecule has 0 aliphatic heterocycles. The number of hydrogen-bond donors (Lipinski definition) is 0. The molecule has 2 heteroatoms. The standard InChI is InChI=1S/C17H28F2/c1-13-5-9-15(10-6-13)16-11-7-14(8-12-16)3-2-4-17(18)19/h4,13-16H,2-3,5-12H2,1H3/t13-,14?,15-,16?. The maximum Gasteiger partial charge on any atom is 0.266 e.